The highest BCUT2D eigenvalue weighted by Crippen LogP contribution is 2.15. The Hall–Kier alpha value is -0.760. The van der Waals surface area contributed by atoms with E-state index in [4.69, 9.17) is 0 Å². The number of hydrogen-bond acceptors (Lipinski definition) is 1. The van der Waals surface area contributed by atoms with E-state index in [1.54, 1.807) is 0 Å². The number of H-pyrrole nitrogens is 1. The minimum absolute atomic E-state index is 0.737. The first-order chi connectivity index (χ1) is 6.24. The third-order valence-corrected chi connectivity index (χ3v) is 2.57. The predicted octanol–water partition coefficient (Wildman–Crippen LogP) is 2.05. The molecule has 1 aromatic rings. The van der Waals surface area contributed by atoms with E-state index < -0.39 is 0 Å². The highest BCUT2D eigenvalue weighted by Gasteiger charge is 2.12. The van der Waals surface area contributed by atoms with Gasteiger partial charge in [-0.1, -0.05) is 13.8 Å². The quantitative estimate of drug-likeness (QED) is 0.713. The van der Waals surface area contributed by atoms with Crippen molar-refractivity contribution < 1.29 is 0 Å². The standard InChI is InChI=1S/C11H20N2/c1-9(2)11(8-12-3)6-10-4-5-13-7-10/h4-5,7,9,11-13H,6,8H2,1-3H3. The summed E-state index contributed by atoms with van der Waals surface area (Å²) in [5, 5.41) is 3.25. The molecule has 2 N–H and O–H groups in total. The molecule has 0 saturated carbocycles. The van der Waals surface area contributed by atoms with Gasteiger partial charge in [0.15, 0.2) is 0 Å². The van der Waals surface area contributed by atoms with Crippen LogP contribution in [0.4, 0.5) is 0 Å². The summed E-state index contributed by atoms with van der Waals surface area (Å²) in [7, 11) is 2.02. The molecule has 1 heterocycles. The van der Waals surface area contributed by atoms with Gasteiger partial charge < -0.3 is 10.3 Å². The maximum absolute atomic E-state index is 3.25. The molecule has 1 aromatic heterocycles. The van der Waals surface area contributed by atoms with E-state index >= 15 is 0 Å². The molecule has 1 unspecified atom stereocenters. The van der Waals surface area contributed by atoms with E-state index in [1.165, 1.54) is 12.0 Å². The first kappa shape index (κ1) is 10.3. The van der Waals surface area contributed by atoms with Crippen LogP contribution in [0.1, 0.15) is 19.4 Å². The van der Waals surface area contributed by atoms with Crippen LogP contribution >= 0.6 is 0 Å². The first-order valence-electron chi connectivity index (χ1n) is 5.00. The van der Waals surface area contributed by atoms with Gasteiger partial charge in [-0.05, 0) is 43.5 Å². The van der Waals surface area contributed by atoms with E-state index in [0.717, 1.165) is 18.4 Å². The molecule has 2 heteroatoms. The summed E-state index contributed by atoms with van der Waals surface area (Å²) in [5.41, 5.74) is 1.41. The number of aromatic amines is 1. The molecular weight excluding hydrogens is 160 g/mol. The van der Waals surface area contributed by atoms with Gasteiger partial charge in [0.05, 0.1) is 0 Å². The third kappa shape index (κ3) is 3.23. The third-order valence-electron chi connectivity index (χ3n) is 2.57. The van der Waals surface area contributed by atoms with Crippen LogP contribution in [0.2, 0.25) is 0 Å². The summed E-state index contributed by atoms with van der Waals surface area (Å²) in [6.45, 7) is 5.67. The maximum atomic E-state index is 3.25. The average Bonchev–Trinajstić information content (AvgIpc) is 2.56. The molecule has 0 radical (unpaired) electrons. The van der Waals surface area contributed by atoms with Crippen LogP contribution in [0.15, 0.2) is 18.5 Å². The molecule has 0 amide bonds. The summed E-state index contributed by atoms with van der Waals surface area (Å²) in [6.07, 6.45) is 5.25. The minimum atomic E-state index is 0.737. The predicted molar refractivity (Wildman–Crippen MR) is 56.8 cm³/mol. The van der Waals surface area contributed by atoms with Gasteiger partial charge >= 0.3 is 0 Å². The van der Waals surface area contributed by atoms with Gasteiger partial charge in [-0.2, -0.15) is 0 Å². The van der Waals surface area contributed by atoms with Gasteiger partial charge in [-0.25, -0.2) is 0 Å². The summed E-state index contributed by atoms with van der Waals surface area (Å²) >= 11 is 0. The summed E-state index contributed by atoms with van der Waals surface area (Å²) in [4.78, 5) is 3.10. The monoisotopic (exact) mass is 180 g/mol. The Bertz CT molecular complexity index is 214. The normalized spacial score (nSPS) is 13.5. The van der Waals surface area contributed by atoms with Crippen LogP contribution in [0.25, 0.3) is 0 Å². The molecule has 2 nitrogen and oxygen atoms in total. The van der Waals surface area contributed by atoms with Gasteiger partial charge in [0.25, 0.3) is 0 Å². The zero-order valence-corrected chi connectivity index (χ0v) is 8.80. The molecule has 0 aliphatic carbocycles. The van der Waals surface area contributed by atoms with E-state index in [2.05, 4.69) is 36.4 Å². The van der Waals surface area contributed by atoms with Crippen molar-refractivity contribution >= 4 is 0 Å². The zero-order chi connectivity index (χ0) is 9.68. The van der Waals surface area contributed by atoms with Gasteiger partial charge in [-0.3, -0.25) is 0 Å². The Morgan fingerprint density at radius 3 is 2.69 bits per heavy atom. The second-order valence-electron chi connectivity index (χ2n) is 3.99. The Balaban J connectivity index is 2.47. The molecule has 0 saturated heterocycles. The van der Waals surface area contributed by atoms with E-state index in [1.807, 2.05) is 13.2 Å². The van der Waals surface area contributed by atoms with Gasteiger partial charge in [-0.15, -0.1) is 0 Å². The lowest BCUT2D eigenvalue weighted by atomic mass is 9.90. The Kier molecular flexibility index (Phi) is 4.03. The van der Waals surface area contributed by atoms with Crippen molar-refractivity contribution in [3.63, 3.8) is 0 Å². The molecule has 0 aromatic carbocycles. The molecular formula is C11H20N2. The lowest BCUT2D eigenvalue weighted by Crippen LogP contribution is -2.24. The summed E-state index contributed by atoms with van der Waals surface area (Å²) < 4.78 is 0. The van der Waals surface area contributed by atoms with E-state index in [0.29, 0.717) is 0 Å². The van der Waals surface area contributed by atoms with Crippen molar-refractivity contribution in [1.29, 1.82) is 0 Å². The van der Waals surface area contributed by atoms with Crippen LogP contribution in [-0.4, -0.2) is 18.6 Å². The van der Waals surface area contributed by atoms with Crippen molar-refractivity contribution in [1.82, 2.24) is 10.3 Å². The van der Waals surface area contributed by atoms with Crippen molar-refractivity contribution in [3.05, 3.63) is 24.0 Å². The molecule has 13 heavy (non-hydrogen) atoms. The fourth-order valence-electron chi connectivity index (χ4n) is 1.59. The summed E-state index contributed by atoms with van der Waals surface area (Å²) in [6, 6.07) is 2.16. The first-order valence-corrected chi connectivity index (χ1v) is 5.00. The fraction of sp³-hybridized carbons (Fsp3) is 0.636. The van der Waals surface area contributed by atoms with Crippen molar-refractivity contribution in [3.8, 4) is 0 Å². The molecule has 74 valence electrons. The van der Waals surface area contributed by atoms with Crippen LogP contribution in [0, 0.1) is 11.8 Å². The lowest BCUT2D eigenvalue weighted by molar-refractivity contribution is 0.370. The summed E-state index contributed by atoms with van der Waals surface area (Å²) in [5.74, 6) is 1.48. The zero-order valence-electron chi connectivity index (χ0n) is 8.80. The SMILES string of the molecule is CNCC(Cc1cc[nH]c1)C(C)C. The Labute approximate surface area is 80.7 Å². The second kappa shape index (κ2) is 5.07. The number of nitrogens with one attached hydrogen (secondary N) is 2. The number of hydrogen-bond donors (Lipinski definition) is 2. The Morgan fingerprint density at radius 2 is 2.23 bits per heavy atom. The molecule has 0 spiro atoms. The molecule has 0 aliphatic heterocycles. The number of aromatic nitrogens is 1. The largest absolute Gasteiger partial charge is 0.367 e. The molecule has 0 fully saturated rings. The highest BCUT2D eigenvalue weighted by atomic mass is 14.8. The topological polar surface area (TPSA) is 27.8 Å². The molecule has 1 atom stereocenters. The smallest absolute Gasteiger partial charge is 0.00374 e. The van der Waals surface area contributed by atoms with Crippen LogP contribution < -0.4 is 5.32 Å². The van der Waals surface area contributed by atoms with Crippen LogP contribution in [0.5, 0.6) is 0 Å². The molecule has 0 aliphatic rings. The van der Waals surface area contributed by atoms with Crippen molar-refractivity contribution in [2.45, 2.75) is 20.3 Å². The van der Waals surface area contributed by atoms with Crippen LogP contribution in [0.3, 0.4) is 0 Å². The van der Waals surface area contributed by atoms with Gasteiger partial charge in [0, 0.05) is 12.4 Å². The van der Waals surface area contributed by atoms with Gasteiger partial charge in [0.1, 0.15) is 0 Å². The average molecular weight is 180 g/mol. The fourth-order valence-corrected chi connectivity index (χ4v) is 1.59. The minimum Gasteiger partial charge on any atom is -0.367 e. The second-order valence-corrected chi connectivity index (χ2v) is 3.99. The van der Waals surface area contributed by atoms with Crippen molar-refractivity contribution in [2.24, 2.45) is 11.8 Å². The van der Waals surface area contributed by atoms with E-state index in [-0.39, 0.29) is 0 Å². The van der Waals surface area contributed by atoms with Gasteiger partial charge in [0.2, 0.25) is 0 Å². The maximum Gasteiger partial charge on any atom is 0.00374 e. The molecule has 1 rings (SSSR count). The Morgan fingerprint density at radius 1 is 1.46 bits per heavy atom. The number of rotatable bonds is 5. The van der Waals surface area contributed by atoms with E-state index in [9.17, 15) is 0 Å². The highest BCUT2D eigenvalue weighted by molar-refractivity contribution is 5.09. The lowest BCUT2D eigenvalue weighted by Gasteiger charge is -2.19. The van der Waals surface area contributed by atoms with Crippen molar-refractivity contribution in [2.75, 3.05) is 13.6 Å². The molecule has 0 bridgehead atoms. The van der Waals surface area contributed by atoms with Crippen LogP contribution in [-0.2, 0) is 6.42 Å².